The zero-order chi connectivity index (χ0) is 11.8. The van der Waals surface area contributed by atoms with Crippen LogP contribution in [0.5, 0.6) is 0 Å². The highest BCUT2D eigenvalue weighted by molar-refractivity contribution is 5.89. The lowest BCUT2D eigenvalue weighted by atomic mass is 10.2. The number of hydrogen-bond donors (Lipinski definition) is 1. The van der Waals surface area contributed by atoms with Gasteiger partial charge in [-0.3, -0.25) is 9.69 Å². The molecule has 1 unspecified atom stereocenters. The van der Waals surface area contributed by atoms with Crippen molar-refractivity contribution >= 4 is 30.7 Å². The van der Waals surface area contributed by atoms with Crippen LogP contribution in [0.2, 0.25) is 0 Å². The molecule has 1 saturated carbocycles. The van der Waals surface area contributed by atoms with Crippen molar-refractivity contribution in [3.63, 3.8) is 0 Å². The standard InChI is InChI=1S/C12H23N3O.2ClH/c1-3-14(4-2)10-5-8-15(9-10)11(16)12(13)6-7-12;;/h10H,3-9,13H2,1-2H3;2*1H. The van der Waals surface area contributed by atoms with Gasteiger partial charge in [0.1, 0.15) is 0 Å². The van der Waals surface area contributed by atoms with E-state index < -0.39 is 5.54 Å². The quantitative estimate of drug-likeness (QED) is 0.850. The van der Waals surface area contributed by atoms with Crippen molar-refractivity contribution in [2.75, 3.05) is 26.2 Å². The van der Waals surface area contributed by atoms with Crippen LogP contribution in [-0.2, 0) is 4.79 Å². The molecule has 0 aromatic carbocycles. The molecule has 1 atom stereocenters. The van der Waals surface area contributed by atoms with Crippen LogP contribution in [0.4, 0.5) is 0 Å². The molecule has 2 rings (SSSR count). The van der Waals surface area contributed by atoms with Crippen molar-refractivity contribution in [1.29, 1.82) is 0 Å². The number of hydrogen-bond acceptors (Lipinski definition) is 3. The maximum Gasteiger partial charge on any atom is 0.242 e. The molecular weight excluding hydrogens is 273 g/mol. The van der Waals surface area contributed by atoms with Crippen LogP contribution < -0.4 is 5.73 Å². The first kappa shape index (κ1) is 18.0. The van der Waals surface area contributed by atoms with Crippen molar-refractivity contribution in [1.82, 2.24) is 9.80 Å². The second-order valence-corrected chi connectivity index (χ2v) is 5.07. The molecule has 1 saturated heterocycles. The van der Waals surface area contributed by atoms with Crippen molar-refractivity contribution in [3.8, 4) is 0 Å². The lowest BCUT2D eigenvalue weighted by Crippen LogP contribution is -2.46. The lowest BCUT2D eigenvalue weighted by molar-refractivity contribution is -0.132. The number of carbonyl (C=O) groups excluding carboxylic acids is 1. The number of nitrogens with two attached hydrogens (primary N) is 1. The van der Waals surface area contributed by atoms with Crippen molar-refractivity contribution < 1.29 is 4.79 Å². The van der Waals surface area contributed by atoms with E-state index in [2.05, 4.69) is 18.7 Å². The monoisotopic (exact) mass is 297 g/mol. The van der Waals surface area contributed by atoms with Gasteiger partial charge in [0, 0.05) is 19.1 Å². The third-order valence-electron chi connectivity index (χ3n) is 3.99. The number of halogens is 2. The zero-order valence-electron chi connectivity index (χ0n) is 11.2. The van der Waals surface area contributed by atoms with Crippen LogP contribution in [0.1, 0.15) is 33.1 Å². The number of rotatable bonds is 4. The van der Waals surface area contributed by atoms with E-state index in [1.54, 1.807) is 0 Å². The van der Waals surface area contributed by atoms with E-state index in [1.165, 1.54) is 0 Å². The van der Waals surface area contributed by atoms with Crippen molar-refractivity contribution in [3.05, 3.63) is 0 Å². The minimum atomic E-state index is -0.488. The van der Waals surface area contributed by atoms with Gasteiger partial charge in [-0.25, -0.2) is 0 Å². The summed E-state index contributed by atoms with van der Waals surface area (Å²) in [6.07, 6.45) is 2.85. The Morgan fingerprint density at radius 1 is 1.33 bits per heavy atom. The Morgan fingerprint density at radius 3 is 2.33 bits per heavy atom. The molecule has 6 heteroatoms. The molecule has 1 aliphatic carbocycles. The fraction of sp³-hybridized carbons (Fsp3) is 0.917. The minimum Gasteiger partial charge on any atom is -0.339 e. The molecule has 2 N–H and O–H groups in total. The SMILES string of the molecule is CCN(CC)C1CCN(C(=O)C2(N)CC2)C1.Cl.Cl. The third kappa shape index (κ3) is 3.50. The second-order valence-electron chi connectivity index (χ2n) is 5.07. The average molecular weight is 298 g/mol. The van der Waals surface area contributed by atoms with Gasteiger partial charge in [-0.1, -0.05) is 13.8 Å². The molecule has 18 heavy (non-hydrogen) atoms. The molecule has 2 fully saturated rings. The summed E-state index contributed by atoms with van der Waals surface area (Å²) >= 11 is 0. The van der Waals surface area contributed by atoms with Crippen LogP contribution in [0.3, 0.4) is 0 Å². The van der Waals surface area contributed by atoms with Gasteiger partial charge >= 0.3 is 0 Å². The topological polar surface area (TPSA) is 49.6 Å². The Labute approximate surface area is 122 Å². The fourth-order valence-corrected chi connectivity index (χ4v) is 2.63. The molecule has 1 aliphatic heterocycles. The summed E-state index contributed by atoms with van der Waals surface area (Å²) in [6, 6.07) is 0.543. The first-order valence-electron chi connectivity index (χ1n) is 6.43. The Kier molecular flexibility index (Phi) is 6.93. The van der Waals surface area contributed by atoms with E-state index in [0.717, 1.165) is 45.4 Å². The maximum atomic E-state index is 12.1. The van der Waals surface area contributed by atoms with Gasteiger partial charge in [-0.2, -0.15) is 0 Å². The van der Waals surface area contributed by atoms with E-state index in [4.69, 9.17) is 5.73 Å². The first-order valence-corrected chi connectivity index (χ1v) is 6.43. The molecule has 108 valence electrons. The highest BCUT2D eigenvalue weighted by atomic mass is 35.5. The molecule has 0 radical (unpaired) electrons. The highest BCUT2D eigenvalue weighted by Gasteiger charge is 2.49. The zero-order valence-corrected chi connectivity index (χ0v) is 12.9. The van der Waals surface area contributed by atoms with E-state index in [9.17, 15) is 4.79 Å². The minimum absolute atomic E-state index is 0. The molecule has 0 spiro atoms. The largest absolute Gasteiger partial charge is 0.339 e. The van der Waals surface area contributed by atoms with E-state index in [-0.39, 0.29) is 30.7 Å². The summed E-state index contributed by atoms with van der Waals surface area (Å²) in [7, 11) is 0. The molecule has 0 aromatic rings. The number of likely N-dealkylation sites (N-methyl/N-ethyl adjacent to an activating group) is 1. The first-order chi connectivity index (χ1) is 7.60. The average Bonchev–Trinajstić information content (AvgIpc) is 2.86. The lowest BCUT2D eigenvalue weighted by Gasteiger charge is -2.26. The second kappa shape index (κ2) is 6.94. The normalized spacial score (nSPS) is 24.4. The van der Waals surface area contributed by atoms with Crippen LogP contribution in [0.25, 0.3) is 0 Å². The summed E-state index contributed by atoms with van der Waals surface area (Å²) in [4.78, 5) is 16.5. The fourth-order valence-electron chi connectivity index (χ4n) is 2.63. The predicted octanol–water partition coefficient (Wildman–Crippen LogP) is 1.26. The Bertz CT molecular complexity index is 280. The highest BCUT2D eigenvalue weighted by Crippen LogP contribution is 2.35. The number of nitrogens with zero attached hydrogens (tertiary/aromatic N) is 2. The van der Waals surface area contributed by atoms with Gasteiger partial charge < -0.3 is 10.6 Å². The van der Waals surface area contributed by atoms with Crippen molar-refractivity contribution in [2.45, 2.75) is 44.7 Å². The Morgan fingerprint density at radius 2 is 1.89 bits per heavy atom. The summed E-state index contributed by atoms with van der Waals surface area (Å²) in [5.74, 6) is 0.183. The summed E-state index contributed by atoms with van der Waals surface area (Å²) in [5, 5.41) is 0. The van der Waals surface area contributed by atoms with Crippen LogP contribution in [0, 0.1) is 0 Å². The van der Waals surface area contributed by atoms with Crippen LogP contribution in [-0.4, -0.2) is 53.5 Å². The maximum absolute atomic E-state index is 12.1. The van der Waals surface area contributed by atoms with Crippen molar-refractivity contribution in [2.24, 2.45) is 5.73 Å². The summed E-state index contributed by atoms with van der Waals surface area (Å²) in [6.45, 7) is 8.25. The smallest absolute Gasteiger partial charge is 0.242 e. The molecule has 2 aliphatic rings. The number of carbonyl (C=O) groups is 1. The molecular formula is C12H25Cl2N3O. The molecule has 4 nitrogen and oxygen atoms in total. The third-order valence-corrected chi connectivity index (χ3v) is 3.99. The van der Waals surface area contributed by atoms with Gasteiger partial charge in [0.05, 0.1) is 5.54 Å². The Balaban J connectivity index is 0.00000144. The van der Waals surface area contributed by atoms with Gasteiger partial charge in [-0.05, 0) is 32.4 Å². The predicted molar refractivity (Wildman–Crippen MR) is 78.6 cm³/mol. The van der Waals surface area contributed by atoms with Gasteiger partial charge in [-0.15, -0.1) is 24.8 Å². The van der Waals surface area contributed by atoms with E-state index in [1.807, 2.05) is 4.90 Å². The molecule has 0 aromatic heterocycles. The van der Waals surface area contributed by atoms with Crippen LogP contribution in [0.15, 0.2) is 0 Å². The number of amides is 1. The van der Waals surface area contributed by atoms with Gasteiger partial charge in [0.15, 0.2) is 0 Å². The number of likely N-dealkylation sites (tertiary alicyclic amines) is 1. The van der Waals surface area contributed by atoms with E-state index in [0.29, 0.717) is 6.04 Å². The molecule has 1 heterocycles. The van der Waals surface area contributed by atoms with Crippen LogP contribution >= 0.6 is 24.8 Å². The molecule has 1 amide bonds. The summed E-state index contributed by atoms with van der Waals surface area (Å²) < 4.78 is 0. The van der Waals surface area contributed by atoms with Gasteiger partial charge in [0.25, 0.3) is 0 Å². The summed E-state index contributed by atoms with van der Waals surface area (Å²) in [5.41, 5.74) is 5.46. The van der Waals surface area contributed by atoms with E-state index >= 15 is 0 Å². The van der Waals surface area contributed by atoms with Gasteiger partial charge in [0.2, 0.25) is 5.91 Å². The molecule has 0 bridgehead atoms. The Hall–Kier alpha value is -0.0300.